The summed E-state index contributed by atoms with van der Waals surface area (Å²) in [5, 5.41) is 4.71. The Kier molecular flexibility index (Phi) is 5.04. The zero-order valence-corrected chi connectivity index (χ0v) is 20.9. The number of benzene rings is 6. The van der Waals surface area contributed by atoms with E-state index in [1.807, 2.05) is 18.2 Å². The third-order valence-corrected chi connectivity index (χ3v) is 7.39. The van der Waals surface area contributed by atoms with Crippen LogP contribution in [0.2, 0.25) is 0 Å². The van der Waals surface area contributed by atoms with E-state index < -0.39 is 7.12 Å². The summed E-state index contributed by atoms with van der Waals surface area (Å²) in [6, 6.07) is 40.4. The fourth-order valence-corrected chi connectivity index (χ4v) is 5.65. The van der Waals surface area contributed by atoms with Gasteiger partial charge in [-0.2, -0.15) is 0 Å². The van der Waals surface area contributed by atoms with Crippen LogP contribution in [0.3, 0.4) is 0 Å². The van der Waals surface area contributed by atoms with Gasteiger partial charge in [0.25, 0.3) is 0 Å². The Morgan fingerprint density at radius 1 is 0.541 bits per heavy atom. The van der Waals surface area contributed by atoms with Crippen molar-refractivity contribution in [1.82, 2.24) is 0 Å². The molecule has 37 heavy (non-hydrogen) atoms. The Balaban J connectivity index is 1.47. The highest BCUT2D eigenvalue weighted by Gasteiger charge is 2.39. The van der Waals surface area contributed by atoms with Crippen LogP contribution in [0.25, 0.3) is 43.8 Å². The summed E-state index contributed by atoms with van der Waals surface area (Å²) in [5.74, 6) is 1.57. The molecule has 176 valence electrons. The van der Waals surface area contributed by atoms with E-state index in [0.29, 0.717) is 0 Å². The predicted molar refractivity (Wildman–Crippen MR) is 155 cm³/mol. The van der Waals surface area contributed by atoms with Crippen molar-refractivity contribution in [2.45, 2.75) is 13.8 Å². The highest BCUT2D eigenvalue weighted by molar-refractivity contribution is 6.70. The molecule has 0 radical (unpaired) electrons. The molecule has 0 saturated carbocycles. The molecule has 0 aliphatic carbocycles. The second-order valence-electron chi connectivity index (χ2n) is 9.76. The molecule has 6 aromatic rings. The van der Waals surface area contributed by atoms with Gasteiger partial charge in [0, 0.05) is 11.0 Å². The summed E-state index contributed by atoms with van der Waals surface area (Å²) < 4.78 is 13.2. The van der Waals surface area contributed by atoms with Crippen LogP contribution < -0.4 is 14.8 Å². The Hall–Kier alpha value is -4.50. The molecule has 0 spiro atoms. The van der Waals surface area contributed by atoms with Crippen molar-refractivity contribution in [3.8, 4) is 33.8 Å². The Bertz CT molecular complexity index is 1750. The molecule has 0 atom stereocenters. The van der Waals surface area contributed by atoms with Crippen LogP contribution in [0, 0.1) is 13.8 Å². The normalized spacial score (nSPS) is 12.4. The monoisotopic (exact) mass is 476 g/mol. The van der Waals surface area contributed by atoms with E-state index in [1.165, 1.54) is 33.0 Å². The molecule has 1 heterocycles. The SMILES string of the molecule is Cc1ccc(C)c(-c2c3ccccc3c(B3Oc4cccc(-c5ccccc5)c4O3)c3ccccc23)c1. The van der Waals surface area contributed by atoms with Crippen molar-refractivity contribution in [1.29, 1.82) is 0 Å². The van der Waals surface area contributed by atoms with Crippen LogP contribution in [0.1, 0.15) is 11.1 Å². The summed E-state index contributed by atoms with van der Waals surface area (Å²) in [5.41, 5.74) is 8.27. The third-order valence-electron chi connectivity index (χ3n) is 7.39. The van der Waals surface area contributed by atoms with Crippen molar-refractivity contribution in [3.63, 3.8) is 0 Å². The van der Waals surface area contributed by atoms with Crippen LogP contribution in [0.4, 0.5) is 0 Å². The minimum absolute atomic E-state index is 0.540. The van der Waals surface area contributed by atoms with E-state index in [2.05, 4.69) is 111 Å². The number of rotatable bonds is 3. The average Bonchev–Trinajstić information content (AvgIpc) is 3.37. The molecule has 0 amide bonds. The average molecular weight is 476 g/mol. The lowest BCUT2D eigenvalue weighted by Crippen LogP contribution is -2.40. The van der Waals surface area contributed by atoms with E-state index in [-0.39, 0.29) is 0 Å². The standard InChI is InChI=1S/C34H25BO2/c1-22-19-20-23(2)30(21-22)32-26-13-6-8-15-28(26)33(29-16-9-7-14-27(29)32)35-36-31-18-10-17-25(34(31)37-35)24-11-4-3-5-12-24/h3-21H,1-2H3. The molecule has 6 aromatic carbocycles. The van der Waals surface area contributed by atoms with Gasteiger partial charge in [0.15, 0.2) is 5.75 Å². The highest BCUT2D eigenvalue weighted by atomic mass is 16.6. The van der Waals surface area contributed by atoms with Crippen molar-refractivity contribution < 1.29 is 9.31 Å². The highest BCUT2D eigenvalue weighted by Crippen LogP contribution is 2.44. The van der Waals surface area contributed by atoms with Gasteiger partial charge in [-0.15, -0.1) is 0 Å². The van der Waals surface area contributed by atoms with Crippen LogP contribution in [-0.2, 0) is 0 Å². The van der Waals surface area contributed by atoms with Crippen molar-refractivity contribution in [3.05, 3.63) is 126 Å². The summed E-state index contributed by atoms with van der Waals surface area (Å²) in [6.07, 6.45) is 0. The largest absolute Gasteiger partial charge is 0.634 e. The minimum atomic E-state index is -0.540. The van der Waals surface area contributed by atoms with Crippen LogP contribution in [0.5, 0.6) is 11.5 Å². The lowest BCUT2D eigenvalue weighted by atomic mass is 9.71. The van der Waals surface area contributed by atoms with Gasteiger partial charge in [0.05, 0.1) is 0 Å². The van der Waals surface area contributed by atoms with Crippen molar-refractivity contribution in [2.75, 3.05) is 0 Å². The number of aryl methyl sites for hydroxylation is 2. The minimum Gasteiger partial charge on any atom is -0.519 e. The van der Waals surface area contributed by atoms with Crippen LogP contribution in [-0.4, -0.2) is 7.12 Å². The van der Waals surface area contributed by atoms with Gasteiger partial charge in [0.1, 0.15) is 5.75 Å². The van der Waals surface area contributed by atoms with Crippen molar-refractivity contribution in [2.24, 2.45) is 0 Å². The zero-order chi connectivity index (χ0) is 24.9. The van der Waals surface area contributed by atoms with Crippen molar-refractivity contribution >= 4 is 34.1 Å². The first-order chi connectivity index (χ1) is 18.2. The molecular weight excluding hydrogens is 451 g/mol. The van der Waals surface area contributed by atoms with Gasteiger partial charge in [-0.25, -0.2) is 0 Å². The van der Waals surface area contributed by atoms with E-state index in [9.17, 15) is 0 Å². The van der Waals surface area contributed by atoms with E-state index in [4.69, 9.17) is 9.31 Å². The summed E-state index contributed by atoms with van der Waals surface area (Å²) >= 11 is 0. The summed E-state index contributed by atoms with van der Waals surface area (Å²) in [6.45, 7) is 4.35. The number of fused-ring (bicyclic) bond motifs is 3. The molecule has 0 aromatic heterocycles. The summed E-state index contributed by atoms with van der Waals surface area (Å²) in [7, 11) is -0.540. The van der Waals surface area contributed by atoms with E-state index >= 15 is 0 Å². The maximum atomic E-state index is 6.66. The smallest absolute Gasteiger partial charge is 0.519 e. The lowest BCUT2D eigenvalue weighted by Gasteiger charge is -2.19. The second-order valence-corrected chi connectivity index (χ2v) is 9.76. The van der Waals surface area contributed by atoms with Gasteiger partial charge in [0.2, 0.25) is 0 Å². The molecule has 0 fully saturated rings. The van der Waals surface area contributed by atoms with Gasteiger partial charge >= 0.3 is 7.12 Å². The third kappa shape index (κ3) is 3.50. The molecule has 1 aliphatic rings. The topological polar surface area (TPSA) is 18.5 Å². The van der Waals surface area contributed by atoms with Crippen LogP contribution in [0.15, 0.2) is 115 Å². The molecule has 2 nitrogen and oxygen atoms in total. The van der Waals surface area contributed by atoms with Crippen LogP contribution >= 0.6 is 0 Å². The van der Waals surface area contributed by atoms with Gasteiger partial charge in [-0.3, -0.25) is 0 Å². The Labute approximate surface area is 217 Å². The van der Waals surface area contributed by atoms with E-state index in [1.54, 1.807) is 0 Å². The summed E-state index contributed by atoms with van der Waals surface area (Å²) in [4.78, 5) is 0. The molecule has 3 heteroatoms. The molecule has 7 rings (SSSR count). The van der Waals surface area contributed by atoms with E-state index in [0.717, 1.165) is 38.9 Å². The fraction of sp³-hybridized carbons (Fsp3) is 0.0588. The first kappa shape index (κ1) is 21.8. The zero-order valence-electron chi connectivity index (χ0n) is 20.9. The number of hydrogen-bond acceptors (Lipinski definition) is 2. The lowest BCUT2D eigenvalue weighted by molar-refractivity contribution is 0.520. The molecular formula is C34H25BO2. The van der Waals surface area contributed by atoms with Gasteiger partial charge in [-0.1, -0.05) is 115 Å². The number of para-hydroxylation sites is 1. The quantitative estimate of drug-likeness (QED) is 0.190. The first-order valence-corrected chi connectivity index (χ1v) is 12.7. The molecule has 1 aliphatic heterocycles. The second kappa shape index (κ2) is 8.57. The maximum absolute atomic E-state index is 6.66. The molecule has 0 unspecified atom stereocenters. The molecule has 0 saturated heterocycles. The Morgan fingerprint density at radius 2 is 1.19 bits per heavy atom. The fourth-order valence-electron chi connectivity index (χ4n) is 5.65. The molecule has 0 bridgehead atoms. The van der Waals surface area contributed by atoms with Gasteiger partial charge in [-0.05, 0) is 63.7 Å². The first-order valence-electron chi connectivity index (χ1n) is 12.7. The Morgan fingerprint density at radius 3 is 1.89 bits per heavy atom. The predicted octanol–water partition coefficient (Wildman–Crippen LogP) is 8.11. The maximum Gasteiger partial charge on any atom is 0.634 e. The molecule has 0 N–H and O–H groups in total. The number of hydrogen-bond donors (Lipinski definition) is 0. The van der Waals surface area contributed by atoms with Gasteiger partial charge < -0.3 is 9.31 Å².